The van der Waals surface area contributed by atoms with Crippen LogP contribution in [0.4, 0.5) is 8.78 Å². The van der Waals surface area contributed by atoms with Gasteiger partial charge in [0, 0.05) is 25.7 Å². The van der Waals surface area contributed by atoms with Crippen LogP contribution in [0.3, 0.4) is 0 Å². The Morgan fingerprint density at radius 3 is 2.70 bits per heavy atom. The van der Waals surface area contributed by atoms with Crippen LogP contribution in [0, 0.1) is 0 Å². The van der Waals surface area contributed by atoms with Gasteiger partial charge in [0.2, 0.25) is 11.7 Å². The Kier molecular flexibility index (Phi) is 4.49. The number of aromatic nitrogens is 4. The molecule has 1 atom stereocenters. The zero-order valence-electron chi connectivity index (χ0n) is 14.4. The first-order valence-electron chi connectivity index (χ1n) is 8.84. The molecule has 2 aliphatic rings. The molecule has 1 fully saturated rings. The summed E-state index contributed by atoms with van der Waals surface area (Å²) >= 11 is 5.79. The summed E-state index contributed by atoms with van der Waals surface area (Å²) in [5.74, 6) is -4.18. The first kappa shape index (κ1) is 18.1. The van der Waals surface area contributed by atoms with E-state index in [1.54, 1.807) is 17.0 Å². The maximum atomic E-state index is 14.4. The van der Waals surface area contributed by atoms with Crippen LogP contribution in [0.1, 0.15) is 43.2 Å². The van der Waals surface area contributed by atoms with Crippen molar-refractivity contribution >= 4 is 17.5 Å². The van der Waals surface area contributed by atoms with E-state index in [9.17, 15) is 18.4 Å². The Balaban J connectivity index is 1.71. The Morgan fingerprint density at radius 1 is 1.30 bits per heavy atom. The van der Waals surface area contributed by atoms with E-state index < -0.39 is 29.9 Å². The lowest BCUT2D eigenvalue weighted by Gasteiger charge is -2.30. The molecular formula is C17H18ClF2N5O2. The number of carbonyl (C=O) groups is 1. The summed E-state index contributed by atoms with van der Waals surface area (Å²) in [5.41, 5.74) is -0.263. The van der Waals surface area contributed by atoms with Crippen molar-refractivity contribution in [3.05, 3.63) is 45.4 Å². The maximum absolute atomic E-state index is 14.4. The number of amides is 1. The van der Waals surface area contributed by atoms with Crippen LogP contribution >= 0.6 is 11.6 Å². The van der Waals surface area contributed by atoms with E-state index in [1.165, 1.54) is 6.20 Å². The monoisotopic (exact) mass is 397 g/mol. The molecule has 4 heterocycles. The van der Waals surface area contributed by atoms with Crippen molar-refractivity contribution in [2.75, 3.05) is 13.1 Å². The minimum Gasteiger partial charge on any atom is -0.341 e. The van der Waals surface area contributed by atoms with Gasteiger partial charge in [0.1, 0.15) is 6.04 Å². The summed E-state index contributed by atoms with van der Waals surface area (Å²) in [6, 6.07) is 2.26. The second kappa shape index (κ2) is 6.70. The topological polar surface area (TPSA) is 73.0 Å². The van der Waals surface area contributed by atoms with E-state index in [0.717, 1.165) is 22.1 Å². The van der Waals surface area contributed by atoms with Crippen LogP contribution in [0.5, 0.6) is 0 Å². The van der Waals surface area contributed by atoms with E-state index in [-0.39, 0.29) is 18.9 Å². The number of rotatable bonds is 3. The van der Waals surface area contributed by atoms with Crippen molar-refractivity contribution in [1.29, 1.82) is 0 Å². The number of hydrogen-bond acceptors (Lipinski definition) is 4. The molecule has 0 N–H and O–H groups in total. The van der Waals surface area contributed by atoms with Gasteiger partial charge in [-0.05, 0) is 31.4 Å². The van der Waals surface area contributed by atoms with E-state index in [0.29, 0.717) is 23.8 Å². The summed E-state index contributed by atoms with van der Waals surface area (Å²) in [4.78, 5) is 31.3. The predicted molar refractivity (Wildman–Crippen MR) is 92.8 cm³/mol. The molecule has 10 heteroatoms. The SMILES string of the molecule is O=C(C1CCC(F)(F)c2nn(Cc3ccc(Cl)cn3)c(=O)n21)N1CCCC1. The van der Waals surface area contributed by atoms with Gasteiger partial charge in [0.05, 0.1) is 17.3 Å². The zero-order chi connectivity index (χ0) is 19.2. The molecule has 0 spiro atoms. The number of nitrogens with zero attached hydrogens (tertiary/aromatic N) is 5. The van der Waals surface area contributed by atoms with E-state index >= 15 is 0 Å². The Bertz CT molecular complexity index is 918. The smallest absolute Gasteiger partial charge is 0.341 e. The fourth-order valence-corrected chi connectivity index (χ4v) is 3.76. The van der Waals surface area contributed by atoms with E-state index in [4.69, 9.17) is 11.6 Å². The van der Waals surface area contributed by atoms with Crippen LogP contribution in [0.15, 0.2) is 23.1 Å². The molecule has 0 aliphatic carbocycles. The molecule has 2 aromatic heterocycles. The number of fused-ring (bicyclic) bond motifs is 1. The largest absolute Gasteiger partial charge is 0.347 e. The number of alkyl halides is 2. The predicted octanol–water partition coefficient (Wildman–Crippen LogP) is 2.19. The quantitative estimate of drug-likeness (QED) is 0.795. The summed E-state index contributed by atoms with van der Waals surface area (Å²) < 4.78 is 30.6. The number of carbonyl (C=O) groups excluding carboxylic acids is 1. The summed E-state index contributed by atoms with van der Waals surface area (Å²) in [6.45, 7) is 1.12. The van der Waals surface area contributed by atoms with Crippen LogP contribution < -0.4 is 5.69 Å². The summed E-state index contributed by atoms with van der Waals surface area (Å²) in [5, 5.41) is 4.28. The van der Waals surface area contributed by atoms with Crippen molar-refractivity contribution in [3.8, 4) is 0 Å². The second-order valence-electron chi connectivity index (χ2n) is 6.89. The van der Waals surface area contributed by atoms with Crippen molar-refractivity contribution in [2.24, 2.45) is 0 Å². The lowest BCUT2D eigenvalue weighted by atomic mass is 10.0. The van der Waals surface area contributed by atoms with Gasteiger partial charge >= 0.3 is 11.6 Å². The molecule has 0 saturated carbocycles. The fraction of sp³-hybridized carbons (Fsp3) is 0.529. The van der Waals surface area contributed by atoms with Crippen molar-refractivity contribution < 1.29 is 13.6 Å². The van der Waals surface area contributed by atoms with Crippen molar-refractivity contribution in [2.45, 2.75) is 44.2 Å². The Hall–Kier alpha value is -2.29. The third kappa shape index (κ3) is 3.24. The first-order valence-corrected chi connectivity index (χ1v) is 9.21. The van der Waals surface area contributed by atoms with Gasteiger partial charge in [-0.2, -0.15) is 8.78 Å². The summed E-state index contributed by atoms with van der Waals surface area (Å²) in [6.07, 6.45) is 2.59. The second-order valence-corrected chi connectivity index (χ2v) is 7.33. The molecule has 2 aliphatic heterocycles. The molecule has 1 unspecified atom stereocenters. The highest BCUT2D eigenvalue weighted by atomic mass is 35.5. The van der Waals surface area contributed by atoms with Gasteiger partial charge in [-0.25, -0.2) is 9.48 Å². The van der Waals surface area contributed by atoms with Crippen molar-refractivity contribution in [1.82, 2.24) is 24.2 Å². The first-order chi connectivity index (χ1) is 12.9. The van der Waals surface area contributed by atoms with Crippen LogP contribution in [0.2, 0.25) is 5.02 Å². The number of pyridine rings is 1. The number of likely N-dealkylation sites (tertiary alicyclic amines) is 1. The lowest BCUT2D eigenvalue weighted by Crippen LogP contribution is -2.44. The molecule has 0 radical (unpaired) electrons. The average molecular weight is 398 g/mol. The van der Waals surface area contributed by atoms with Crippen molar-refractivity contribution in [3.63, 3.8) is 0 Å². The normalized spacial score (nSPS) is 21.3. The summed E-state index contributed by atoms with van der Waals surface area (Å²) in [7, 11) is 0. The third-order valence-electron chi connectivity index (χ3n) is 5.04. The van der Waals surface area contributed by atoms with Crippen LogP contribution in [-0.2, 0) is 17.3 Å². The van der Waals surface area contributed by atoms with Gasteiger partial charge in [0.15, 0.2) is 0 Å². The van der Waals surface area contributed by atoms with Crippen LogP contribution in [0.25, 0.3) is 0 Å². The van der Waals surface area contributed by atoms with E-state index in [2.05, 4.69) is 10.1 Å². The number of hydrogen-bond donors (Lipinski definition) is 0. The maximum Gasteiger partial charge on any atom is 0.347 e. The van der Waals surface area contributed by atoms with Gasteiger partial charge in [-0.1, -0.05) is 11.6 Å². The molecule has 0 aromatic carbocycles. The highest BCUT2D eigenvalue weighted by Gasteiger charge is 2.47. The highest BCUT2D eigenvalue weighted by molar-refractivity contribution is 6.30. The van der Waals surface area contributed by atoms with Gasteiger partial charge < -0.3 is 4.90 Å². The molecule has 2 aromatic rings. The van der Waals surface area contributed by atoms with E-state index in [1.807, 2.05) is 0 Å². The highest BCUT2D eigenvalue weighted by Crippen LogP contribution is 2.39. The molecule has 1 saturated heterocycles. The molecule has 144 valence electrons. The minimum atomic E-state index is -3.25. The number of halogens is 3. The molecular weight excluding hydrogens is 380 g/mol. The molecule has 27 heavy (non-hydrogen) atoms. The average Bonchev–Trinajstić information content (AvgIpc) is 3.27. The van der Waals surface area contributed by atoms with Gasteiger partial charge in [-0.3, -0.25) is 14.3 Å². The molecule has 4 rings (SSSR count). The third-order valence-corrected chi connectivity index (χ3v) is 5.27. The van der Waals surface area contributed by atoms with Gasteiger partial charge in [0.25, 0.3) is 0 Å². The standard InChI is InChI=1S/C17H18ClF2N5O2/c18-11-3-4-12(21-9-11)10-24-16(27)25-13(14(26)23-7-1-2-8-23)5-6-17(19,20)15(25)22-24/h3-4,9,13H,1-2,5-8,10H2. The zero-order valence-corrected chi connectivity index (χ0v) is 15.2. The minimum absolute atomic E-state index is 0.0727. The Labute approximate surface area is 158 Å². The molecule has 1 amide bonds. The Morgan fingerprint density at radius 2 is 2.04 bits per heavy atom. The van der Waals surface area contributed by atoms with Crippen LogP contribution in [-0.4, -0.2) is 43.2 Å². The molecule has 7 nitrogen and oxygen atoms in total. The molecule has 0 bridgehead atoms. The lowest BCUT2D eigenvalue weighted by molar-refractivity contribution is -0.136. The van der Waals surface area contributed by atoms with Gasteiger partial charge in [-0.15, -0.1) is 5.10 Å². The fourth-order valence-electron chi connectivity index (χ4n) is 3.65.